The molecule has 2 atom stereocenters. The second kappa shape index (κ2) is 12.5. The molecule has 0 spiro atoms. The van der Waals surface area contributed by atoms with E-state index in [2.05, 4.69) is 15.4 Å². The monoisotopic (exact) mass is 679 g/mol. The van der Waals surface area contributed by atoms with Crippen LogP contribution >= 0.6 is 0 Å². The number of alkyl halides is 9. The SMILES string of the molecule is CC(C)OC(=O)N1c2ccc(C(F)(F)F)cc2C(N(Cc2cc(C(F)(F)F)cc(C(F)(F)F)c2)c2nnn(CCN3CC3)n2)CC1C. The summed E-state index contributed by atoms with van der Waals surface area (Å²) in [7, 11) is 0. The molecule has 0 bridgehead atoms. The van der Waals surface area contributed by atoms with Gasteiger partial charge in [0.25, 0.3) is 5.95 Å². The highest BCUT2D eigenvalue weighted by Gasteiger charge is 2.42. The number of anilines is 2. The first-order valence-corrected chi connectivity index (χ1v) is 14.6. The van der Waals surface area contributed by atoms with Crippen LogP contribution < -0.4 is 9.80 Å². The third-order valence-corrected chi connectivity index (χ3v) is 7.74. The quantitative estimate of drug-likeness (QED) is 0.189. The van der Waals surface area contributed by atoms with E-state index in [9.17, 15) is 44.3 Å². The Hall–Kier alpha value is -4.09. The Morgan fingerprint density at radius 3 is 2.09 bits per heavy atom. The minimum atomic E-state index is -5.13. The van der Waals surface area contributed by atoms with Gasteiger partial charge in [-0.05, 0) is 79.9 Å². The molecule has 1 amide bonds. The maximum absolute atomic E-state index is 14.0. The van der Waals surface area contributed by atoms with Gasteiger partial charge in [0, 0.05) is 32.2 Å². The van der Waals surface area contributed by atoms with Crippen molar-refractivity contribution in [1.29, 1.82) is 0 Å². The van der Waals surface area contributed by atoms with Crippen LogP contribution in [0.4, 0.5) is 55.9 Å². The number of carbonyl (C=O) groups is 1. The fourth-order valence-electron chi connectivity index (χ4n) is 5.44. The summed E-state index contributed by atoms with van der Waals surface area (Å²) in [5.74, 6) is -0.236. The highest BCUT2D eigenvalue weighted by atomic mass is 19.4. The third-order valence-electron chi connectivity index (χ3n) is 7.74. The lowest BCUT2D eigenvalue weighted by molar-refractivity contribution is -0.143. The van der Waals surface area contributed by atoms with Gasteiger partial charge in [0.05, 0.1) is 41.1 Å². The summed E-state index contributed by atoms with van der Waals surface area (Å²) in [5, 5.41) is 12.3. The molecule has 2 aromatic carbocycles. The van der Waals surface area contributed by atoms with E-state index in [4.69, 9.17) is 4.74 Å². The molecule has 0 radical (unpaired) electrons. The zero-order valence-corrected chi connectivity index (χ0v) is 25.3. The van der Waals surface area contributed by atoms with Crippen LogP contribution in [-0.2, 0) is 36.4 Å². The molecule has 0 aliphatic carbocycles. The van der Waals surface area contributed by atoms with E-state index in [0.29, 0.717) is 18.7 Å². The smallest absolute Gasteiger partial charge is 0.416 e. The van der Waals surface area contributed by atoms with Crippen molar-refractivity contribution in [2.45, 2.75) is 77.0 Å². The van der Waals surface area contributed by atoms with Crippen LogP contribution in [0.25, 0.3) is 0 Å². The van der Waals surface area contributed by atoms with Crippen LogP contribution in [0.1, 0.15) is 61.1 Å². The van der Waals surface area contributed by atoms with Crippen molar-refractivity contribution < 1.29 is 49.0 Å². The van der Waals surface area contributed by atoms with E-state index < -0.39 is 71.6 Å². The van der Waals surface area contributed by atoms with Gasteiger partial charge in [-0.2, -0.15) is 44.3 Å². The molecule has 5 rings (SSSR count). The number of halogens is 9. The number of benzene rings is 2. The predicted octanol–water partition coefficient (Wildman–Crippen LogP) is 6.94. The molecule has 2 aliphatic heterocycles. The summed E-state index contributed by atoms with van der Waals surface area (Å²) < 4.78 is 130. The van der Waals surface area contributed by atoms with Crippen molar-refractivity contribution in [2.75, 3.05) is 29.4 Å². The molecule has 47 heavy (non-hydrogen) atoms. The third kappa shape index (κ3) is 7.90. The number of tetrazole rings is 1. The van der Waals surface area contributed by atoms with Crippen molar-refractivity contribution in [3.8, 4) is 0 Å². The number of rotatable bonds is 8. The topological polar surface area (TPSA) is 79.4 Å². The second-order valence-electron chi connectivity index (χ2n) is 11.7. The summed E-state index contributed by atoms with van der Waals surface area (Å²) in [6, 6.07) is 1.83. The first-order valence-electron chi connectivity index (χ1n) is 14.6. The van der Waals surface area contributed by atoms with Gasteiger partial charge < -0.3 is 9.64 Å². The lowest BCUT2D eigenvalue weighted by Gasteiger charge is -2.43. The largest absolute Gasteiger partial charge is 0.446 e. The molecule has 0 saturated carbocycles. The molecule has 3 aromatic rings. The number of nitrogens with zero attached hydrogens (tertiary/aromatic N) is 7. The highest BCUT2D eigenvalue weighted by Crippen LogP contribution is 2.45. The summed E-state index contributed by atoms with van der Waals surface area (Å²) >= 11 is 0. The van der Waals surface area contributed by atoms with Gasteiger partial charge in [-0.25, -0.2) is 4.79 Å². The van der Waals surface area contributed by atoms with Crippen LogP contribution in [0.15, 0.2) is 36.4 Å². The molecule has 256 valence electrons. The summed E-state index contributed by atoms with van der Waals surface area (Å²) in [6.45, 7) is 6.62. The Balaban J connectivity index is 1.65. The van der Waals surface area contributed by atoms with Gasteiger partial charge in [0.2, 0.25) is 0 Å². The minimum absolute atomic E-state index is 0.0125. The molecule has 1 fully saturated rings. The Morgan fingerprint density at radius 1 is 0.915 bits per heavy atom. The predicted molar refractivity (Wildman–Crippen MR) is 149 cm³/mol. The molecular weight excluding hydrogens is 649 g/mol. The molecule has 0 N–H and O–H groups in total. The normalized spacial score (nSPS) is 18.8. The lowest BCUT2D eigenvalue weighted by Crippen LogP contribution is -2.47. The van der Waals surface area contributed by atoms with Crippen molar-refractivity contribution >= 4 is 17.7 Å². The standard InChI is InChI=1S/C29H30F9N7O2/c1-16(2)47-26(46)45-17(3)10-24(22-14-19(27(30,31)32)4-5-23(22)45)43(25-39-41-44(40-25)9-8-42-6-7-42)15-18-11-20(28(33,34)35)13-21(12-18)29(36,37)38/h4-5,11-14,16-17,24H,6-10,15H2,1-3H3. The second-order valence-corrected chi connectivity index (χ2v) is 11.7. The van der Waals surface area contributed by atoms with Gasteiger partial charge >= 0.3 is 24.6 Å². The molecular formula is C29H30F9N7O2. The number of hydrogen-bond donors (Lipinski definition) is 0. The van der Waals surface area contributed by atoms with E-state index in [-0.39, 0.29) is 36.2 Å². The maximum atomic E-state index is 14.0. The van der Waals surface area contributed by atoms with Crippen molar-refractivity contribution in [3.63, 3.8) is 0 Å². The minimum Gasteiger partial charge on any atom is -0.446 e. The van der Waals surface area contributed by atoms with Crippen molar-refractivity contribution in [1.82, 2.24) is 25.1 Å². The van der Waals surface area contributed by atoms with Crippen molar-refractivity contribution in [2.24, 2.45) is 0 Å². The van der Waals surface area contributed by atoms with Gasteiger partial charge in [-0.1, -0.05) is 5.10 Å². The first-order chi connectivity index (χ1) is 21.8. The zero-order chi connectivity index (χ0) is 34.5. The summed E-state index contributed by atoms with van der Waals surface area (Å²) in [4.78, 5) is 18.7. The lowest BCUT2D eigenvalue weighted by atomic mass is 9.89. The average molecular weight is 680 g/mol. The number of carbonyl (C=O) groups excluding carboxylic acids is 1. The van der Waals surface area contributed by atoms with E-state index in [0.717, 1.165) is 31.3 Å². The van der Waals surface area contributed by atoms with Crippen LogP contribution in [0.5, 0.6) is 0 Å². The molecule has 9 nitrogen and oxygen atoms in total. The number of amides is 1. The van der Waals surface area contributed by atoms with Crippen LogP contribution in [0.2, 0.25) is 0 Å². The van der Waals surface area contributed by atoms with Crippen LogP contribution in [-0.4, -0.2) is 63.0 Å². The highest BCUT2D eigenvalue weighted by molar-refractivity contribution is 5.90. The van der Waals surface area contributed by atoms with Gasteiger partial charge in [-0.3, -0.25) is 9.80 Å². The Labute approximate surface area is 262 Å². The van der Waals surface area contributed by atoms with Gasteiger partial charge in [-0.15, -0.1) is 5.10 Å². The Morgan fingerprint density at radius 2 is 1.53 bits per heavy atom. The maximum Gasteiger partial charge on any atom is 0.416 e. The van der Waals surface area contributed by atoms with Crippen molar-refractivity contribution in [3.05, 3.63) is 64.2 Å². The van der Waals surface area contributed by atoms with E-state index >= 15 is 0 Å². The fraction of sp³-hybridized carbons (Fsp3) is 0.517. The van der Waals surface area contributed by atoms with Crippen LogP contribution in [0.3, 0.4) is 0 Å². The van der Waals surface area contributed by atoms with Crippen LogP contribution in [0, 0.1) is 0 Å². The number of aromatic nitrogens is 4. The fourth-order valence-corrected chi connectivity index (χ4v) is 5.44. The summed E-state index contributed by atoms with van der Waals surface area (Å²) in [5.41, 5.74) is -4.71. The number of hydrogen-bond acceptors (Lipinski definition) is 7. The molecule has 3 heterocycles. The van der Waals surface area contributed by atoms with Gasteiger partial charge in [0.1, 0.15) is 0 Å². The molecule has 1 aromatic heterocycles. The van der Waals surface area contributed by atoms with E-state index in [1.807, 2.05) is 4.90 Å². The molecule has 18 heteroatoms. The Bertz CT molecular complexity index is 1570. The number of fused-ring (bicyclic) bond motifs is 1. The molecule has 2 aliphatic rings. The van der Waals surface area contributed by atoms with E-state index in [1.54, 1.807) is 20.8 Å². The molecule has 2 unspecified atom stereocenters. The van der Waals surface area contributed by atoms with Gasteiger partial charge in [0.15, 0.2) is 0 Å². The average Bonchev–Trinajstić information content (AvgIpc) is 3.67. The summed E-state index contributed by atoms with van der Waals surface area (Å²) in [6.07, 6.45) is -16.6. The molecule has 1 saturated heterocycles. The Kier molecular flexibility index (Phi) is 9.11. The first kappa shape index (κ1) is 34.3. The number of ether oxygens (including phenoxy) is 1. The van der Waals surface area contributed by atoms with E-state index in [1.165, 1.54) is 14.6 Å². The zero-order valence-electron chi connectivity index (χ0n) is 25.3.